The molecule has 1 aliphatic carbocycles. The van der Waals surface area contributed by atoms with Gasteiger partial charge in [0.05, 0.1) is 0 Å². The number of amides is 1. The van der Waals surface area contributed by atoms with E-state index in [2.05, 4.69) is 83.2 Å². The van der Waals surface area contributed by atoms with Gasteiger partial charge in [-0.05, 0) is 41.9 Å². The van der Waals surface area contributed by atoms with Gasteiger partial charge in [0.2, 0.25) is 12.2 Å². The molecule has 34 heavy (non-hydrogen) atoms. The lowest BCUT2D eigenvalue weighted by atomic mass is 9.64. The summed E-state index contributed by atoms with van der Waals surface area (Å²) in [5.74, 6) is -0.136. The number of hydrogen-bond donors (Lipinski definition) is 1. The van der Waals surface area contributed by atoms with E-state index >= 15 is 0 Å². The summed E-state index contributed by atoms with van der Waals surface area (Å²) in [6, 6.07) is 31.1. The van der Waals surface area contributed by atoms with Gasteiger partial charge >= 0.3 is 0 Å². The highest BCUT2D eigenvalue weighted by molar-refractivity contribution is 5.91. The normalized spacial score (nSPS) is 18.1. The second-order valence-electron chi connectivity index (χ2n) is 9.51. The average molecular weight is 451 g/mol. The molecule has 4 nitrogen and oxygen atoms in total. The van der Waals surface area contributed by atoms with Gasteiger partial charge in [-0.15, -0.1) is 0 Å². The Bertz CT molecular complexity index is 1210. The van der Waals surface area contributed by atoms with Crippen LogP contribution in [0.3, 0.4) is 0 Å². The van der Waals surface area contributed by atoms with Crippen molar-refractivity contribution in [3.63, 3.8) is 0 Å². The Balaban J connectivity index is 1.47. The predicted octanol–water partition coefficient (Wildman–Crippen LogP) is 4.95. The number of rotatable bonds is 7. The molecular formula is C30H32N3O+. The van der Waals surface area contributed by atoms with Crippen molar-refractivity contribution in [2.45, 2.75) is 44.2 Å². The largest absolute Gasteiger partial charge is 0.369 e. The number of imidazole rings is 1. The molecule has 1 aromatic heterocycles. The van der Waals surface area contributed by atoms with Crippen molar-refractivity contribution in [2.24, 2.45) is 11.7 Å². The molecule has 0 saturated heterocycles. The number of nitrogens with zero attached hydrogens (tertiary/aromatic N) is 2. The van der Waals surface area contributed by atoms with Crippen molar-refractivity contribution in [3.05, 3.63) is 126 Å². The third-order valence-electron chi connectivity index (χ3n) is 7.54. The predicted molar refractivity (Wildman–Crippen MR) is 134 cm³/mol. The molecule has 0 unspecified atom stereocenters. The Morgan fingerprint density at radius 1 is 0.912 bits per heavy atom. The molecule has 0 aliphatic heterocycles. The number of carbonyl (C=O) groups excluding carboxylic acids is 1. The van der Waals surface area contributed by atoms with Crippen LogP contribution in [0, 0.1) is 12.8 Å². The van der Waals surface area contributed by atoms with E-state index in [1.54, 1.807) is 0 Å². The van der Waals surface area contributed by atoms with Crippen molar-refractivity contribution in [1.82, 2.24) is 4.57 Å². The zero-order chi connectivity index (χ0) is 23.5. The van der Waals surface area contributed by atoms with Crippen LogP contribution in [0.5, 0.6) is 0 Å². The van der Waals surface area contributed by atoms with Gasteiger partial charge in [-0.25, -0.2) is 9.13 Å². The Morgan fingerprint density at radius 3 is 2.03 bits per heavy atom. The molecule has 0 spiro atoms. The molecule has 1 fully saturated rings. The number of aryl methyl sites for hydroxylation is 1. The van der Waals surface area contributed by atoms with Crippen LogP contribution in [0.25, 0.3) is 0 Å². The van der Waals surface area contributed by atoms with Crippen molar-refractivity contribution >= 4 is 5.91 Å². The van der Waals surface area contributed by atoms with Gasteiger partial charge in [0.15, 0.2) is 0 Å². The number of carbonyl (C=O) groups is 1. The number of nitrogens with two attached hydrogens (primary N) is 1. The maximum absolute atomic E-state index is 13.3. The van der Waals surface area contributed by atoms with Crippen LogP contribution in [0.2, 0.25) is 0 Å². The van der Waals surface area contributed by atoms with Crippen molar-refractivity contribution < 1.29 is 9.36 Å². The molecular weight excluding hydrogens is 418 g/mol. The van der Waals surface area contributed by atoms with Crippen LogP contribution in [0.4, 0.5) is 0 Å². The summed E-state index contributed by atoms with van der Waals surface area (Å²) in [6.45, 7) is 3.02. The van der Waals surface area contributed by atoms with E-state index < -0.39 is 5.41 Å². The first kappa shape index (κ1) is 22.1. The number of aromatic nitrogens is 2. The first-order valence-corrected chi connectivity index (χ1v) is 12.1. The highest BCUT2D eigenvalue weighted by Crippen LogP contribution is 2.48. The Hall–Kier alpha value is -3.66. The zero-order valence-electron chi connectivity index (χ0n) is 19.7. The van der Waals surface area contributed by atoms with E-state index in [1.165, 1.54) is 11.3 Å². The monoisotopic (exact) mass is 450 g/mol. The smallest absolute Gasteiger partial charge is 0.244 e. The summed E-state index contributed by atoms with van der Waals surface area (Å²) in [5, 5.41) is 0. The summed E-state index contributed by atoms with van der Waals surface area (Å²) in [4.78, 5) is 13.3. The number of primary amides is 1. The minimum absolute atomic E-state index is 0.130. The number of hydrogen-bond acceptors (Lipinski definition) is 1. The van der Waals surface area contributed by atoms with Crippen LogP contribution in [0.15, 0.2) is 104 Å². The number of benzene rings is 3. The molecule has 5 rings (SSSR count). The van der Waals surface area contributed by atoms with Gasteiger partial charge in [-0.2, -0.15) is 0 Å². The van der Waals surface area contributed by atoms with Gasteiger partial charge in [0.1, 0.15) is 29.9 Å². The van der Waals surface area contributed by atoms with Crippen LogP contribution < -0.4 is 10.3 Å². The highest BCUT2D eigenvalue weighted by Gasteiger charge is 2.50. The molecule has 0 radical (unpaired) electrons. The fourth-order valence-corrected chi connectivity index (χ4v) is 5.87. The van der Waals surface area contributed by atoms with Gasteiger partial charge in [0.25, 0.3) is 0 Å². The molecule has 0 bridgehead atoms. The first-order valence-electron chi connectivity index (χ1n) is 12.1. The highest BCUT2D eigenvalue weighted by atomic mass is 16.1. The van der Waals surface area contributed by atoms with Gasteiger partial charge in [0, 0.05) is 6.92 Å². The lowest BCUT2D eigenvalue weighted by Gasteiger charge is -2.37. The third-order valence-corrected chi connectivity index (χ3v) is 7.54. The van der Waals surface area contributed by atoms with Crippen LogP contribution >= 0.6 is 0 Å². The lowest BCUT2D eigenvalue weighted by molar-refractivity contribution is -0.721. The van der Waals surface area contributed by atoms with E-state index in [9.17, 15) is 4.79 Å². The van der Waals surface area contributed by atoms with Crippen molar-refractivity contribution in [2.75, 3.05) is 0 Å². The Kier molecular flexibility index (Phi) is 6.06. The molecule has 2 atom stereocenters. The molecule has 1 saturated carbocycles. The molecule has 1 amide bonds. The minimum Gasteiger partial charge on any atom is -0.369 e. The van der Waals surface area contributed by atoms with Gasteiger partial charge in [-0.1, -0.05) is 91.0 Å². The maximum atomic E-state index is 13.3. The van der Waals surface area contributed by atoms with Crippen LogP contribution in [-0.2, 0) is 16.8 Å². The Morgan fingerprint density at radius 2 is 1.47 bits per heavy atom. The fraction of sp³-hybridized carbons (Fsp3) is 0.267. The summed E-state index contributed by atoms with van der Waals surface area (Å²) in [5.41, 5.74) is 9.93. The summed E-state index contributed by atoms with van der Waals surface area (Å²) < 4.78 is 4.65. The van der Waals surface area contributed by atoms with E-state index in [0.717, 1.165) is 36.9 Å². The lowest BCUT2D eigenvalue weighted by Crippen LogP contribution is -2.48. The molecule has 4 aromatic rings. The second-order valence-corrected chi connectivity index (χ2v) is 9.51. The molecule has 1 aliphatic rings. The summed E-state index contributed by atoms with van der Waals surface area (Å²) in [6.07, 6.45) is 7.36. The quantitative estimate of drug-likeness (QED) is 0.398. The molecule has 1 heterocycles. The maximum Gasteiger partial charge on any atom is 0.244 e. The van der Waals surface area contributed by atoms with Crippen molar-refractivity contribution in [3.8, 4) is 0 Å². The van der Waals surface area contributed by atoms with Gasteiger partial charge in [-0.3, -0.25) is 4.79 Å². The van der Waals surface area contributed by atoms with Crippen LogP contribution in [0.1, 0.15) is 47.7 Å². The van der Waals surface area contributed by atoms with E-state index in [4.69, 9.17) is 5.73 Å². The molecule has 3 aromatic carbocycles. The fourth-order valence-electron chi connectivity index (χ4n) is 5.87. The minimum atomic E-state index is -0.834. The van der Waals surface area contributed by atoms with Crippen molar-refractivity contribution in [1.29, 1.82) is 0 Å². The molecule has 2 N–H and O–H groups in total. The SMILES string of the molecule is Cc1c[n+]([C@H]2CC[C@H](C(C(N)=O)(c3ccccc3)c3ccccc3)C2)cn1Cc1ccccc1. The summed E-state index contributed by atoms with van der Waals surface area (Å²) in [7, 11) is 0. The Labute approximate surface area is 201 Å². The molecule has 4 heteroatoms. The third kappa shape index (κ3) is 3.94. The average Bonchev–Trinajstić information content (AvgIpc) is 3.49. The second kappa shape index (κ2) is 9.30. The van der Waals surface area contributed by atoms with Gasteiger partial charge < -0.3 is 5.73 Å². The summed E-state index contributed by atoms with van der Waals surface area (Å²) >= 11 is 0. The first-order chi connectivity index (χ1) is 16.6. The van der Waals surface area contributed by atoms with E-state index in [-0.39, 0.29) is 11.8 Å². The topological polar surface area (TPSA) is 51.9 Å². The standard InChI is InChI=1S/C30H31N3O/c1-23-20-33(22-32(23)21-24-11-5-2-6-12-24)28-18-17-27(19-28)30(29(31)34,25-13-7-3-8-14-25)26-15-9-4-10-16-26/h2-16,20,22,27-28H,17-19,21H2,1H3,(H-,31,34)/p+1/t27-,28-/m0/s1. The van der Waals surface area contributed by atoms with E-state index in [1.807, 2.05) is 36.4 Å². The van der Waals surface area contributed by atoms with E-state index in [0.29, 0.717) is 6.04 Å². The zero-order valence-corrected chi connectivity index (χ0v) is 19.7. The van der Waals surface area contributed by atoms with Crippen LogP contribution in [-0.4, -0.2) is 10.5 Å². The molecule has 172 valence electrons.